The zero-order valence-electron chi connectivity index (χ0n) is 29.8. The van der Waals surface area contributed by atoms with Crippen LogP contribution in [0.4, 0.5) is 0 Å². The standard InChI is InChI=1S/C38H57N5O7/c1-3-4-5-6-7-8-9-10-11-12-13-14-35(45)43(2)36-28-16-18-33(50-22-20-40)30(25-28)29-23-27(15-17-32(29)49-21-19-39)24-31(38(47)48)42-34(44)26-41-37(36)46/h15-18,23,25,31,36H,3-14,19-22,24,26,39-40H2,1-2H3,(H,41,46)(H,42,44)(H,47,48)/t31-,36-/m0/s1. The van der Waals surface area contributed by atoms with Crippen LogP contribution in [0.2, 0.25) is 0 Å². The molecule has 1 aliphatic heterocycles. The highest BCUT2D eigenvalue weighted by molar-refractivity contribution is 5.93. The van der Waals surface area contributed by atoms with Gasteiger partial charge in [-0.1, -0.05) is 83.3 Å². The Labute approximate surface area is 296 Å². The van der Waals surface area contributed by atoms with Crippen molar-refractivity contribution < 1.29 is 33.8 Å². The molecule has 1 aliphatic rings. The third-order valence-electron chi connectivity index (χ3n) is 8.92. The number of nitrogens with two attached hydrogens (primary N) is 2. The van der Waals surface area contributed by atoms with Crippen molar-refractivity contribution in [1.29, 1.82) is 0 Å². The van der Waals surface area contributed by atoms with Gasteiger partial charge >= 0.3 is 5.97 Å². The van der Waals surface area contributed by atoms with Gasteiger partial charge in [0, 0.05) is 44.1 Å². The fourth-order valence-corrected chi connectivity index (χ4v) is 6.19. The number of hydrogen-bond acceptors (Lipinski definition) is 8. The Morgan fingerprint density at radius 2 is 1.40 bits per heavy atom. The molecule has 12 heteroatoms. The van der Waals surface area contributed by atoms with Crippen molar-refractivity contribution in [2.75, 3.05) is 39.9 Å². The Morgan fingerprint density at radius 1 is 0.840 bits per heavy atom. The van der Waals surface area contributed by atoms with Crippen LogP contribution < -0.4 is 31.6 Å². The molecule has 2 aromatic rings. The predicted molar refractivity (Wildman–Crippen MR) is 194 cm³/mol. The third-order valence-corrected chi connectivity index (χ3v) is 8.92. The van der Waals surface area contributed by atoms with Crippen molar-refractivity contribution in [2.24, 2.45) is 11.5 Å². The molecule has 276 valence electrons. The molecular formula is C38H57N5O7. The van der Waals surface area contributed by atoms with E-state index >= 15 is 0 Å². The summed E-state index contributed by atoms with van der Waals surface area (Å²) >= 11 is 0. The first-order valence-corrected chi connectivity index (χ1v) is 18.2. The summed E-state index contributed by atoms with van der Waals surface area (Å²) in [6.45, 7) is 2.74. The number of carboxylic acids is 1. The lowest BCUT2D eigenvalue weighted by Crippen LogP contribution is -2.48. The third kappa shape index (κ3) is 12.6. The minimum Gasteiger partial charge on any atom is -0.492 e. The molecule has 0 saturated carbocycles. The molecule has 0 aromatic heterocycles. The number of likely N-dealkylation sites (N-methyl/N-ethyl adjacent to an activating group) is 1. The molecule has 0 aliphatic carbocycles. The van der Waals surface area contributed by atoms with Gasteiger partial charge in [0.25, 0.3) is 0 Å². The lowest BCUT2D eigenvalue weighted by atomic mass is 9.94. The van der Waals surface area contributed by atoms with Gasteiger partial charge < -0.3 is 41.6 Å². The monoisotopic (exact) mass is 695 g/mol. The summed E-state index contributed by atoms with van der Waals surface area (Å²) in [4.78, 5) is 53.8. The van der Waals surface area contributed by atoms with Crippen LogP contribution >= 0.6 is 0 Å². The summed E-state index contributed by atoms with van der Waals surface area (Å²) in [5.41, 5.74) is 13.8. The fraction of sp³-hybridized carbons (Fsp3) is 0.579. The minimum absolute atomic E-state index is 0.0171. The van der Waals surface area contributed by atoms with E-state index in [1.54, 1.807) is 43.4 Å². The summed E-state index contributed by atoms with van der Waals surface area (Å²) < 4.78 is 12.0. The van der Waals surface area contributed by atoms with E-state index in [1.165, 1.54) is 49.8 Å². The Bertz CT molecular complexity index is 1400. The number of carboxylic acid groups (broad SMARTS) is 1. The predicted octanol–water partition coefficient (Wildman–Crippen LogP) is 4.47. The summed E-state index contributed by atoms with van der Waals surface area (Å²) in [6.07, 6.45) is 13.0. The first kappa shape index (κ1) is 40.3. The quantitative estimate of drug-likeness (QED) is 0.125. The number of benzene rings is 2. The van der Waals surface area contributed by atoms with Gasteiger partial charge in [0.05, 0.1) is 6.54 Å². The van der Waals surface area contributed by atoms with Gasteiger partial charge in [-0.25, -0.2) is 4.79 Å². The van der Waals surface area contributed by atoms with Crippen molar-refractivity contribution in [3.8, 4) is 22.6 Å². The van der Waals surface area contributed by atoms with Crippen LogP contribution in [0.1, 0.15) is 101 Å². The summed E-state index contributed by atoms with van der Waals surface area (Å²) in [6, 6.07) is 8.13. The number of carbonyl (C=O) groups is 4. The van der Waals surface area contributed by atoms with Crippen LogP contribution in [0.15, 0.2) is 36.4 Å². The molecular weight excluding hydrogens is 638 g/mol. The van der Waals surface area contributed by atoms with E-state index in [9.17, 15) is 24.3 Å². The highest BCUT2D eigenvalue weighted by atomic mass is 16.5. The number of hydrogen-bond donors (Lipinski definition) is 5. The number of nitrogens with one attached hydrogen (secondary N) is 2. The molecule has 1 heterocycles. The summed E-state index contributed by atoms with van der Waals surface area (Å²) in [5, 5.41) is 15.0. The smallest absolute Gasteiger partial charge is 0.326 e. The molecule has 2 aromatic carbocycles. The van der Waals surface area contributed by atoms with Crippen molar-refractivity contribution in [3.05, 3.63) is 47.5 Å². The second kappa shape index (κ2) is 21.8. The maximum atomic E-state index is 13.8. The highest BCUT2D eigenvalue weighted by Gasteiger charge is 2.31. The largest absolute Gasteiger partial charge is 0.492 e. The average Bonchev–Trinajstić information content (AvgIpc) is 3.11. The molecule has 7 N–H and O–H groups in total. The fourth-order valence-electron chi connectivity index (χ4n) is 6.19. The SMILES string of the molecule is CCCCCCCCCCCCCC(=O)N(C)[C@@H]1C(=O)NCC(=O)N[C@H](C(=O)O)Cc2ccc(OCCN)c(c2)-c2cc1ccc2OCCN. The molecule has 0 fully saturated rings. The first-order valence-electron chi connectivity index (χ1n) is 18.2. The Balaban J connectivity index is 1.90. The first-order chi connectivity index (χ1) is 24.2. The number of unbranched alkanes of at least 4 members (excludes halogenated alkanes) is 10. The number of rotatable bonds is 20. The summed E-state index contributed by atoms with van der Waals surface area (Å²) in [5.74, 6) is -1.71. The van der Waals surface area contributed by atoms with Crippen LogP contribution in [0.25, 0.3) is 11.1 Å². The van der Waals surface area contributed by atoms with Gasteiger partial charge in [-0.3, -0.25) is 14.4 Å². The molecule has 0 radical (unpaired) electrons. The number of aliphatic carboxylic acids is 1. The molecule has 0 saturated heterocycles. The van der Waals surface area contributed by atoms with Crippen molar-refractivity contribution in [2.45, 2.75) is 102 Å². The minimum atomic E-state index is -1.25. The van der Waals surface area contributed by atoms with Gasteiger partial charge in [0.15, 0.2) is 0 Å². The van der Waals surface area contributed by atoms with Crippen LogP contribution in [-0.4, -0.2) is 79.6 Å². The zero-order chi connectivity index (χ0) is 36.3. The molecule has 0 spiro atoms. The van der Waals surface area contributed by atoms with Crippen LogP contribution in [0, 0.1) is 0 Å². The van der Waals surface area contributed by atoms with E-state index in [4.69, 9.17) is 20.9 Å². The van der Waals surface area contributed by atoms with Gasteiger partial charge in [-0.2, -0.15) is 0 Å². The van der Waals surface area contributed by atoms with E-state index in [0.717, 1.165) is 19.3 Å². The molecule has 4 bridgehead atoms. The average molecular weight is 696 g/mol. The number of amides is 3. The number of fused-ring (bicyclic) bond motifs is 5. The Hall–Kier alpha value is -4.16. The number of carbonyl (C=O) groups excluding carboxylic acids is 3. The van der Waals surface area contributed by atoms with E-state index in [2.05, 4.69) is 17.6 Å². The second-order valence-electron chi connectivity index (χ2n) is 12.9. The highest BCUT2D eigenvalue weighted by Crippen LogP contribution is 2.40. The lowest BCUT2D eigenvalue weighted by molar-refractivity contribution is -0.142. The van der Waals surface area contributed by atoms with Crippen molar-refractivity contribution in [3.63, 3.8) is 0 Å². The van der Waals surface area contributed by atoms with Gasteiger partial charge in [0.1, 0.15) is 36.8 Å². The normalized spacial score (nSPS) is 16.2. The van der Waals surface area contributed by atoms with Crippen LogP contribution in [0.3, 0.4) is 0 Å². The van der Waals surface area contributed by atoms with E-state index in [-0.39, 0.29) is 45.1 Å². The van der Waals surface area contributed by atoms with Crippen LogP contribution in [0.5, 0.6) is 11.5 Å². The number of nitrogens with zero attached hydrogens (tertiary/aromatic N) is 1. The molecule has 50 heavy (non-hydrogen) atoms. The van der Waals surface area contributed by atoms with Gasteiger partial charge in [-0.05, 0) is 41.8 Å². The zero-order valence-corrected chi connectivity index (χ0v) is 29.8. The van der Waals surface area contributed by atoms with E-state index in [1.807, 2.05) is 0 Å². The number of ether oxygens (including phenoxy) is 2. The van der Waals surface area contributed by atoms with Crippen molar-refractivity contribution >= 4 is 23.7 Å². The lowest BCUT2D eigenvalue weighted by Gasteiger charge is -2.29. The maximum Gasteiger partial charge on any atom is 0.326 e. The second-order valence-corrected chi connectivity index (χ2v) is 12.9. The van der Waals surface area contributed by atoms with Gasteiger partial charge in [0.2, 0.25) is 17.7 Å². The summed E-state index contributed by atoms with van der Waals surface area (Å²) in [7, 11) is 1.59. The molecule has 3 amide bonds. The van der Waals surface area contributed by atoms with E-state index < -0.39 is 36.4 Å². The Morgan fingerprint density at radius 3 is 1.98 bits per heavy atom. The molecule has 0 unspecified atom stereocenters. The molecule has 12 nitrogen and oxygen atoms in total. The maximum absolute atomic E-state index is 13.8. The van der Waals surface area contributed by atoms with E-state index in [0.29, 0.717) is 40.2 Å². The Kier molecular flexibility index (Phi) is 17.6. The van der Waals surface area contributed by atoms with Gasteiger partial charge in [-0.15, -0.1) is 0 Å². The van der Waals surface area contributed by atoms with Crippen LogP contribution in [-0.2, 0) is 25.6 Å². The molecule has 3 rings (SSSR count). The molecule has 2 atom stereocenters. The van der Waals surface area contributed by atoms with Crippen molar-refractivity contribution in [1.82, 2.24) is 15.5 Å². The topological polar surface area (TPSA) is 186 Å².